The fraction of sp³-hybridized carbons (Fsp3) is 0.188. The summed E-state index contributed by atoms with van der Waals surface area (Å²) in [6, 6.07) is 10.1. The SMILES string of the molecule is Cc1ccc(S(=O)(=O)[N-]CCOC(=O)c2cc(I)cc(I)c2I)cc1. The van der Waals surface area contributed by atoms with Gasteiger partial charge in [0, 0.05) is 15.6 Å². The first-order valence-electron chi connectivity index (χ1n) is 7.03. The molecule has 0 radical (unpaired) electrons. The molecular weight excluding hydrogens is 683 g/mol. The first kappa shape index (κ1) is 21.3. The molecule has 25 heavy (non-hydrogen) atoms. The Morgan fingerprint density at radius 2 is 1.76 bits per heavy atom. The van der Waals surface area contributed by atoms with Crippen LogP contribution in [0.15, 0.2) is 41.3 Å². The molecule has 5 nitrogen and oxygen atoms in total. The first-order valence-corrected chi connectivity index (χ1v) is 11.7. The zero-order chi connectivity index (χ0) is 18.6. The lowest BCUT2D eigenvalue weighted by Gasteiger charge is -2.20. The third-order valence-electron chi connectivity index (χ3n) is 3.12. The summed E-state index contributed by atoms with van der Waals surface area (Å²) in [6.45, 7) is 1.67. The van der Waals surface area contributed by atoms with Gasteiger partial charge >= 0.3 is 5.97 Å². The van der Waals surface area contributed by atoms with Crippen LogP contribution < -0.4 is 0 Å². The average Bonchev–Trinajstić information content (AvgIpc) is 2.55. The van der Waals surface area contributed by atoms with E-state index in [1.165, 1.54) is 12.1 Å². The van der Waals surface area contributed by atoms with Gasteiger partial charge in [-0.3, -0.25) is 0 Å². The molecule has 2 rings (SSSR count). The molecule has 2 aromatic rings. The van der Waals surface area contributed by atoms with Crippen LogP contribution in [0.4, 0.5) is 0 Å². The fourth-order valence-electron chi connectivity index (χ4n) is 1.86. The van der Waals surface area contributed by atoms with Crippen LogP contribution in [-0.2, 0) is 14.8 Å². The van der Waals surface area contributed by atoms with E-state index in [1.54, 1.807) is 18.2 Å². The molecule has 0 atom stereocenters. The highest BCUT2D eigenvalue weighted by atomic mass is 127. The molecular formula is C16H13I3NO4S-. The number of esters is 1. The quantitative estimate of drug-likeness (QED) is 0.190. The van der Waals surface area contributed by atoms with Gasteiger partial charge in [-0.25, -0.2) is 13.2 Å². The predicted molar refractivity (Wildman–Crippen MR) is 121 cm³/mol. The Balaban J connectivity index is 1.93. The molecule has 0 saturated carbocycles. The number of hydrogen-bond donors (Lipinski definition) is 0. The van der Waals surface area contributed by atoms with Crippen molar-refractivity contribution in [2.45, 2.75) is 11.8 Å². The molecule has 0 heterocycles. The van der Waals surface area contributed by atoms with Gasteiger partial charge in [0.2, 0.25) is 0 Å². The number of rotatable bonds is 6. The molecule has 0 fully saturated rings. The highest BCUT2D eigenvalue weighted by Crippen LogP contribution is 2.23. The van der Waals surface area contributed by atoms with Crippen LogP contribution in [0.25, 0.3) is 4.72 Å². The molecule has 0 aliphatic rings. The van der Waals surface area contributed by atoms with Crippen LogP contribution in [0, 0.1) is 17.6 Å². The lowest BCUT2D eigenvalue weighted by molar-refractivity contribution is 0.0521. The standard InChI is InChI=1S/C16H13I3NO4S/c1-10-2-4-12(5-3-10)25(22,23)20-6-7-24-16(21)13-8-11(17)9-14(18)15(13)19/h2-5,8-9H,6-7H2,1H3/q-1. The number of benzene rings is 2. The lowest BCUT2D eigenvalue weighted by atomic mass is 10.2. The maximum absolute atomic E-state index is 12.2. The minimum Gasteiger partial charge on any atom is -0.542 e. The summed E-state index contributed by atoms with van der Waals surface area (Å²) in [5.74, 6) is -0.483. The number of sulfonamides is 1. The maximum atomic E-state index is 12.2. The van der Waals surface area contributed by atoms with Gasteiger partial charge in [0.15, 0.2) is 0 Å². The number of carbonyl (C=O) groups excluding carboxylic acids is 1. The van der Waals surface area contributed by atoms with Crippen molar-refractivity contribution in [3.8, 4) is 0 Å². The van der Waals surface area contributed by atoms with Gasteiger partial charge in [0.1, 0.15) is 10.0 Å². The summed E-state index contributed by atoms with van der Waals surface area (Å²) >= 11 is 6.38. The third-order valence-corrected chi connectivity index (χ3v) is 8.18. The second-order valence-corrected chi connectivity index (χ2v) is 10.2. The number of hydrogen-bond acceptors (Lipinski definition) is 4. The van der Waals surface area contributed by atoms with Gasteiger partial charge in [-0.15, -0.1) is 6.54 Å². The van der Waals surface area contributed by atoms with E-state index < -0.39 is 16.0 Å². The van der Waals surface area contributed by atoms with E-state index in [0.717, 1.165) is 16.3 Å². The average molecular weight is 696 g/mol. The Morgan fingerprint density at radius 1 is 1.12 bits per heavy atom. The van der Waals surface area contributed by atoms with Crippen molar-refractivity contribution in [2.24, 2.45) is 0 Å². The molecule has 0 aliphatic carbocycles. The van der Waals surface area contributed by atoms with E-state index in [1.807, 2.05) is 13.0 Å². The fourth-order valence-corrected chi connectivity index (χ4v) is 5.18. The van der Waals surface area contributed by atoms with Crippen LogP contribution in [0.1, 0.15) is 15.9 Å². The topological polar surface area (TPSA) is 74.5 Å². The van der Waals surface area contributed by atoms with Gasteiger partial charge in [0.05, 0.1) is 12.2 Å². The van der Waals surface area contributed by atoms with Crippen molar-refractivity contribution < 1.29 is 17.9 Å². The monoisotopic (exact) mass is 696 g/mol. The number of ether oxygens (including phenoxy) is 1. The summed E-state index contributed by atoms with van der Waals surface area (Å²) in [6.07, 6.45) is 0. The molecule has 0 spiro atoms. The maximum Gasteiger partial charge on any atom is 0.339 e. The molecule has 0 N–H and O–H groups in total. The normalized spacial score (nSPS) is 11.4. The van der Waals surface area contributed by atoms with E-state index in [2.05, 4.69) is 72.5 Å². The Hall–Kier alpha value is 0.0100. The predicted octanol–water partition coefficient (Wildman–Crippen LogP) is 4.73. The summed E-state index contributed by atoms with van der Waals surface area (Å²) in [5, 5.41) is 0. The Labute approximate surface area is 187 Å². The van der Waals surface area contributed by atoms with E-state index in [9.17, 15) is 13.2 Å². The molecule has 0 aromatic heterocycles. The molecule has 0 bridgehead atoms. The Kier molecular flexibility index (Phi) is 7.91. The molecule has 0 saturated heterocycles. The van der Waals surface area contributed by atoms with Crippen molar-refractivity contribution in [1.29, 1.82) is 0 Å². The van der Waals surface area contributed by atoms with E-state index in [0.29, 0.717) is 5.56 Å². The van der Waals surface area contributed by atoms with Crippen molar-refractivity contribution in [3.05, 3.63) is 63.0 Å². The van der Waals surface area contributed by atoms with Gasteiger partial charge < -0.3 is 9.46 Å². The summed E-state index contributed by atoms with van der Waals surface area (Å²) in [4.78, 5) is 12.3. The van der Waals surface area contributed by atoms with E-state index >= 15 is 0 Å². The zero-order valence-electron chi connectivity index (χ0n) is 13.0. The molecule has 0 unspecified atom stereocenters. The van der Waals surface area contributed by atoms with Crippen molar-refractivity contribution in [1.82, 2.24) is 0 Å². The third kappa shape index (κ3) is 6.01. The summed E-state index contributed by atoms with van der Waals surface area (Å²) in [5.41, 5.74) is 1.44. The van der Waals surface area contributed by atoms with Crippen LogP contribution in [0.2, 0.25) is 0 Å². The lowest BCUT2D eigenvalue weighted by Crippen LogP contribution is -2.13. The van der Waals surface area contributed by atoms with Gasteiger partial charge in [-0.1, -0.05) is 17.7 Å². The number of aryl methyl sites for hydroxylation is 1. The first-order chi connectivity index (χ1) is 11.7. The second-order valence-electron chi connectivity index (χ2n) is 5.03. The van der Waals surface area contributed by atoms with Gasteiger partial charge in [-0.2, -0.15) is 0 Å². The van der Waals surface area contributed by atoms with E-state index in [-0.39, 0.29) is 18.0 Å². The van der Waals surface area contributed by atoms with Gasteiger partial charge in [0.25, 0.3) is 0 Å². The zero-order valence-corrected chi connectivity index (χ0v) is 20.3. The number of halogens is 3. The largest absolute Gasteiger partial charge is 0.542 e. The second kappa shape index (κ2) is 9.28. The highest BCUT2D eigenvalue weighted by Gasteiger charge is 2.14. The van der Waals surface area contributed by atoms with Crippen LogP contribution in [-0.4, -0.2) is 27.5 Å². The highest BCUT2D eigenvalue weighted by molar-refractivity contribution is 14.1. The van der Waals surface area contributed by atoms with Gasteiger partial charge in [-0.05, 0) is 99.0 Å². The minimum atomic E-state index is -3.73. The van der Waals surface area contributed by atoms with Crippen LogP contribution in [0.3, 0.4) is 0 Å². The molecule has 2 aromatic carbocycles. The van der Waals surface area contributed by atoms with Crippen molar-refractivity contribution in [3.63, 3.8) is 0 Å². The van der Waals surface area contributed by atoms with Crippen LogP contribution in [0.5, 0.6) is 0 Å². The smallest absolute Gasteiger partial charge is 0.339 e. The Bertz CT molecular complexity index is 883. The number of nitrogens with zero attached hydrogens (tertiary/aromatic N) is 1. The Morgan fingerprint density at radius 3 is 2.40 bits per heavy atom. The number of carbonyl (C=O) groups is 1. The van der Waals surface area contributed by atoms with Crippen molar-refractivity contribution >= 4 is 83.8 Å². The molecule has 134 valence electrons. The summed E-state index contributed by atoms with van der Waals surface area (Å²) < 4.78 is 35.7. The molecule has 0 amide bonds. The van der Waals surface area contributed by atoms with E-state index in [4.69, 9.17) is 4.74 Å². The van der Waals surface area contributed by atoms with Crippen LogP contribution >= 0.6 is 67.8 Å². The molecule has 0 aliphatic heterocycles. The minimum absolute atomic E-state index is 0.0952. The summed E-state index contributed by atoms with van der Waals surface area (Å²) in [7, 11) is -3.73. The van der Waals surface area contributed by atoms with Crippen molar-refractivity contribution in [2.75, 3.05) is 13.2 Å². The molecule has 9 heteroatoms.